The van der Waals surface area contributed by atoms with Crippen LogP contribution in [-0.2, 0) is 20.8 Å². The second-order valence-electron chi connectivity index (χ2n) is 7.34. The fourth-order valence-corrected chi connectivity index (χ4v) is 3.69. The maximum atomic E-state index is 12.9. The molecule has 26 heavy (non-hydrogen) atoms. The zero-order valence-electron chi connectivity index (χ0n) is 15.4. The monoisotopic (exact) mass is 376 g/mol. The molecule has 1 aromatic heterocycles. The summed E-state index contributed by atoms with van der Waals surface area (Å²) in [6.07, 6.45) is 1.94. The molecule has 7 heteroatoms. The minimum atomic E-state index is -0.536. The SMILES string of the molecule is CC(C)(C)OC(=O)CSc1nc2ccccc2c(=O)n1CC1CCCO1. The summed E-state index contributed by atoms with van der Waals surface area (Å²) in [7, 11) is 0. The van der Waals surface area contributed by atoms with Crippen molar-refractivity contribution in [3.63, 3.8) is 0 Å². The number of benzene rings is 1. The lowest BCUT2D eigenvalue weighted by Crippen LogP contribution is -2.29. The Morgan fingerprint density at radius 1 is 1.38 bits per heavy atom. The Morgan fingerprint density at radius 3 is 2.85 bits per heavy atom. The van der Waals surface area contributed by atoms with Gasteiger partial charge in [-0.05, 0) is 45.7 Å². The van der Waals surface area contributed by atoms with E-state index in [1.807, 2.05) is 39.0 Å². The Kier molecular flexibility index (Phi) is 5.67. The standard InChI is InChI=1S/C19H24N2O4S/c1-19(2,3)25-16(22)12-26-18-20-15-9-5-4-8-14(15)17(23)21(18)11-13-7-6-10-24-13/h4-5,8-9,13H,6-7,10-12H2,1-3H3. The molecule has 0 spiro atoms. The van der Waals surface area contributed by atoms with E-state index in [2.05, 4.69) is 4.98 Å². The number of fused-ring (bicyclic) bond motifs is 1. The van der Waals surface area contributed by atoms with E-state index in [9.17, 15) is 9.59 Å². The van der Waals surface area contributed by atoms with E-state index in [1.165, 1.54) is 11.8 Å². The normalized spacial score (nSPS) is 17.6. The highest BCUT2D eigenvalue weighted by molar-refractivity contribution is 7.99. The van der Waals surface area contributed by atoms with E-state index in [4.69, 9.17) is 9.47 Å². The number of thioether (sulfide) groups is 1. The second kappa shape index (κ2) is 7.80. The first-order valence-electron chi connectivity index (χ1n) is 8.79. The lowest BCUT2D eigenvalue weighted by atomic mass is 10.2. The second-order valence-corrected chi connectivity index (χ2v) is 8.28. The lowest BCUT2D eigenvalue weighted by molar-refractivity contribution is -0.151. The Labute approximate surface area is 156 Å². The number of para-hydroxylation sites is 1. The summed E-state index contributed by atoms with van der Waals surface area (Å²) in [5, 5.41) is 1.10. The molecule has 2 aromatic rings. The molecule has 0 saturated carbocycles. The molecule has 1 aliphatic rings. The average Bonchev–Trinajstić information content (AvgIpc) is 3.07. The molecule has 0 aliphatic carbocycles. The van der Waals surface area contributed by atoms with Crippen LogP contribution in [0.25, 0.3) is 10.9 Å². The summed E-state index contributed by atoms with van der Waals surface area (Å²) in [5.41, 5.74) is -0.00297. The molecule has 0 amide bonds. The fourth-order valence-electron chi connectivity index (χ4n) is 2.91. The van der Waals surface area contributed by atoms with Crippen LogP contribution in [0.1, 0.15) is 33.6 Å². The van der Waals surface area contributed by atoms with E-state index < -0.39 is 5.60 Å². The third-order valence-electron chi connectivity index (χ3n) is 3.98. The predicted molar refractivity (Wildman–Crippen MR) is 102 cm³/mol. The smallest absolute Gasteiger partial charge is 0.316 e. The first-order chi connectivity index (χ1) is 12.3. The molecule has 1 atom stereocenters. The van der Waals surface area contributed by atoms with Gasteiger partial charge in [0.15, 0.2) is 5.16 Å². The molecular weight excluding hydrogens is 352 g/mol. The van der Waals surface area contributed by atoms with Gasteiger partial charge in [-0.2, -0.15) is 0 Å². The Bertz CT molecular complexity index is 851. The molecule has 2 heterocycles. The molecular formula is C19H24N2O4S. The van der Waals surface area contributed by atoms with Crippen molar-refractivity contribution in [3.8, 4) is 0 Å². The minimum Gasteiger partial charge on any atom is -0.459 e. The Balaban J connectivity index is 1.88. The van der Waals surface area contributed by atoms with Gasteiger partial charge in [0.1, 0.15) is 5.60 Å². The van der Waals surface area contributed by atoms with E-state index in [1.54, 1.807) is 10.6 Å². The lowest BCUT2D eigenvalue weighted by Gasteiger charge is -2.20. The molecule has 1 fully saturated rings. The van der Waals surface area contributed by atoms with Gasteiger partial charge in [0.25, 0.3) is 5.56 Å². The van der Waals surface area contributed by atoms with Gasteiger partial charge in [-0.1, -0.05) is 23.9 Å². The molecule has 6 nitrogen and oxygen atoms in total. The van der Waals surface area contributed by atoms with Gasteiger partial charge in [-0.15, -0.1) is 0 Å². The molecule has 3 rings (SSSR count). The molecule has 1 aromatic carbocycles. The van der Waals surface area contributed by atoms with E-state index >= 15 is 0 Å². The maximum absolute atomic E-state index is 12.9. The van der Waals surface area contributed by atoms with Crippen molar-refractivity contribution < 1.29 is 14.3 Å². The van der Waals surface area contributed by atoms with Crippen LogP contribution >= 0.6 is 11.8 Å². The summed E-state index contributed by atoms with van der Waals surface area (Å²) < 4.78 is 12.7. The van der Waals surface area contributed by atoms with Crippen molar-refractivity contribution >= 4 is 28.6 Å². The molecule has 1 aliphatic heterocycles. The van der Waals surface area contributed by atoms with E-state index in [0.29, 0.717) is 22.6 Å². The van der Waals surface area contributed by atoms with Gasteiger partial charge < -0.3 is 9.47 Å². The van der Waals surface area contributed by atoms with Crippen molar-refractivity contribution in [2.24, 2.45) is 0 Å². The Hall–Kier alpha value is -1.86. The molecule has 1 saturated heterocycles. The highest BCUT2D eigenvalue weighted by Gasteiger charge is 2.22. The van der Waals surface area contributed by atoms with Crippen LogP contribution < -0.4 is 5.56 Å². The number of nitrogens with zero attached hydrogens (tertiary/aromatic N) is 2. The largest absolute Gasteiger partial charge is 0.459 e. The first-order valence-corrected chi connectivity index (χ1v) is 9.78. The van der Waals surface area contributed by atoms with Crippen LogP contribution in [-0.4, -0.2) is 39.6 Å². The molecule has 1 unspecified atom stereocenters. The number of ether oxygens (including phenoxy) is 2. The van der Waals surface area contributed by atoms with Gasteiger partial charge in [0.2, 0.25) is 0 Å². The van der Waals surface area contributed by atoms with Crippen LogP contribution in [0.4, 0.5) is 0 Å². The van der Waals surface area contributed by atoms with E-state index in [0.717, 1.165) is 19.4 Å². The summed E-state index contributed by atoms with van der Waals surface area (Å²) >= 11 is 1.23. The highest BCUT2D eigenvalue weighted by Crippen LogP contribution is 2.21. The van der Waals surface area contributed by atoms with Gasteiger partial charge in [0.05, 0.1) is 29.3 Å². The van der Waals surface area contributed by atoms with Crippen molar-refractivity contribution in [1.82, 2.24) is 9.55 Å². The minimum absolute atomic E-state index is 0.0107. The van der Waals surface area contributed by atoms with Crippen molar-refractivity contribution in [2.45, 2.75) is 57.0 Å². The van der Waals surface area contributed by atoms with Gasteiger partial charge in [0, 0.05) is 6.61 Å². The van der Waals surface area contributed by atoms with Crippen LogP contribution in [0.5, 0.6) is 0 Å². The number of esters is 1. The number of carbonyl (C=O) groups is 1. The van der Waals surface area contributed by atoms with E-state index in [-0.39, 0.29) is 23.4 Å². The van der Waals surface area contributed by atoms with Crippen LogP contribution in [0, 0.1) is 0 Å². The number of hydrogen-bond donors (Lipinski definition) is 0. The van der Waals surface area contributed by atoms with Crippen molar-refractivity contribution in [1.29, 1.82) is 0 Å². The summed E-state index contributed by atoms with van der Waals surface area (Å²) in [6.45, 7) is 6.67. The number of carbonyl (C=O) groups excluding carboxylic acids is 1. The number of aromatic nitrogens is 2. The van der Waals surface area contributed by atoms with Crippen LogP contribution in [0.15, 0.2) is 34.2 Å². The zero-order valence-corrected chi connectivity index (χ0v) is 16.2. The molecule has 0 N–H and O–H groups in total. The quantitative estimate of drug-likeness (QED) is 0.454. The van der Waals surface area contributed by atoms with Crippen LogP contribution in [0.3, 0.4) is 0 Å². The van der Waals surface area contributed by atoms with Gasteiger partial charge in [-0.25, -0.2) is 4.98 Å². The third-order valence-corrected chi connectivity index (χ3v) is 4.93. The third kappa shape index (κ3) is 4.65. The zero-order chi connectivity index (χ0) is 18.7. The predicted octanol–water partition coefficient (Wildman–Crippen LogP) is 3.01. The number of hydrogen-bond acceptors (Lipinski definition) is 6. The topological polar surface area (TPSA) is 70.4 Å². The summed E-state index contributed by atoms with van der Waals surface area (Å²) in [5.74, 6) is -0.221. The summed E-state index contributed by atoms with van der Waals surface area (Å²) in [4.78, 5) is 29.6. The summed E-state index contributed by atoms with van der Waals surface area (Å²) in [6, 6.07) is 7.26. The van der Waals surface area contributed by atoms with Gasteiger partial charge >= 0.3 is 5.97 Å². The average molecular weight is 376 g/mol. The number of rotatable bonds is 5. The molecule has 0 bridgehead atoms. The molecule has 140 valence electrons. The van der Waals surface area contributed by atoms with Crippen molar-refractivity contribution in [3.05, 3.63) is 34.6 Å². The first kappa shape index (κ1) is 18.9. The highest BCUT2D eigenvalue weighted by atomic mass is 32.2. The van der Waals surface area contributed by atoms with Crippen LogP contribution in [0.2, 0.25) is 0 Å². The van der Waals surface area contributed by atoms with Gasteiger partial charge in [-0.3, -0.25) is 14.2 Å². The van der Waals surface area contributed by atoms with Crippen molar-refractivity contribution in [2.75, 3.05) is 12.4 Å². The Morgan fingerprint density at radius 2 is 2.15 bits per heavy atom. The fraction of sp³-hybridized carbons (Fsp3) is 0.526. The molecule has 0 radical (unpaired) electrons. The maximum Gasteiger partial charge on any atom is 0.316 e.